The third-order valence-corrected chi connectivity index (χ3v) is 2.98. The number of carbonyl (C=O) groups excluding carboxylic acids is 1. The van der Waals surface area contributed by atoms with Gasteiger partial charge in [0.25, 0.3) is 5.91 Å². The van der Waals surface area contributed by atoms with Crippen molar-refractivity contribution in [2.75, 3.05) is 31.6 Å². The van der Waals surface area contributed by atoms with Crippen LogP contribution >= 0.6 is 11.6 Å². The lowest BCUT2D eigenvalue weighted by Gasteiger charge is -2.20. The predicted molar refractivity (Wildman–Crippen MR) is 76.7 cm³/mol. The summed E-state index contributed by atoms with van der Waals surface area (Å²) in [5.74, 6) is 0.465. The fourth-order valence-electron chi connectivity index (χ4n) is 1.70. The first-order chi connectivity index (χ1) is 9.13. The molecule has 0 aliphatic heterocycles. The van der Waals surface area contributed by atoms with Gasteiger partial charge in [-0.2, -0.15) is 0 Å². The molecule has 0 unspecified atom stereocenters. The van der Waals surface area contributed by atoms with Crippen molar-refractivity contribution >= 4 is 23.3 Å². The molecule has 19 heavy (non-hydrogen) atoms. The number of aliphatic hydroxyl groups excluding tert-OH is 1. The lowest BCUT2D eigenvalue weighted by molar-refractivity contribution is 0.0754. The van der Waals surface area contributed by atoms with Crippen LogP contribution in [0.4, 0.5) is 5.82 Å². The first-order valence-corrected chi connectivity index (χ1v) is 6.81. The van der Waals surface area contributed by atoms with Crippen LogP contribution in [0.3, 0.4) is 0 Å². The second-order valence-corrected chi connectivity index (χ2v) is 4.45. The average molecular weight is 286 g/mol. The number of hydrogen-bond donors (Lipinski definition) is 2. The minimum absolute atomic E-state index is 0.0716. The molecular formula is C13H20ClN3O2. The first kappa shape index (κ1) is 15.7. The van der Waals surface area contributed by atoms with E-state index in [2.05, 4.69) is 10.3 Å². The molecule has 0 radical (unpaired) electrons. The zero-order chi connectivity index (χ0) is 14.3. The van der Waals surface area contributed by atoms with Gasteiger partial charge in [0.1, 0.15) is 5.82 Å². The van der Waals surface area contributed by atoms with Crippen LogP contribution in [0.15, 0.2) is 12.3 Å². The largest absolute Gasteiger partial charge is 0.396 e. The molecule has 0 aromatic carbocycles. The molecule has 106 valence electrons. The Morgan fingerprint density at radius 1 is 1.53 bits per heavy atom. The summed E-state index contributed by atoms with van der Waals surface area (Å²) in [4.78, 5) is 18.0. The summed E-state index contributed by atoms with van der Waals surface area (Å²) < 4.78 is 0. The number of nitrogens with one attached hydrogen (secondary N) is 1. The van der Waals surface area contributed by atoms with Crippen molar-refractivity contribution in [2.24, 2.45) is 0 Å². The van der Waals surface area contributed by atoms with E-state index in [0.29, 0.717) is 35.9 Å². The van der Waals surface area contributed by atoms with Crippen LogP contribution in [0.1, 0.15) is 30.6 Å². The van der Waals surface area contributed by atoms with E-state index in [4.69, 9.17) is 16.7 Å². The van der Waals surface area contributed by atoms with Crippen LogP contribution in [0.2, 0.25) is 5.02 Å². The Kier molecular flexibility index (Phi) is 6.59. The Hall–Kier alpha value is -1.33. The fourth-order valence-corrected chi connectivity index (χ4v) is 1.93. The Labute approximate surface area is 118 Å². The van der Waals surface area contributed by atoms with E-state index >= 15 is 0 Å². The molecule has 0 saturated carbocycles. The van der Waals surface area contributed by atoms with E-state index < -0.39 is 0 Å². The monoisotopic (exact) mass is 285 g/mol. The third kappa shape index (κ3) is 4.36. The summed E-state index contributed by atoms with van der Waals surface area (Å²) in [6.45, 7) is 5.76. The summed E-state index contributed by atoms with van der Waals surface area (Å²) in [6, 6.07) is 1.62. The number of carbonyl (C=O) groups is 1. The van der Waals surface area contributed by atoms with E-state index in [1.807, 2.05) is 13.8 Å². The lowest BCUT2D eigenvalue weighted by atomic mass is 10.2. The van der Waals surface area contributed by atoms with Crippen molar-refractivity contribution in [2.45, 2.75) is 20.3 Å². The van der Waals surface area contributed by atoms with Crippen LogP contribution < -0.4 is 5.32 Å². The molecule has 0 saturated heterocycles. The highest BCUT2D eigenvalue weighted by atomic mass is 35.5. The number of nitrogens with zero attached hydrogens (tertiary/aromatic N) is 2. The molecule has 2 N–H and O–H groups in total. The lowest BCUT2D eigenvalue weighted by Crippen LogP contribution is -2.32. The smallest absolute Gasteiger partial charge is 0.255 e. The van der Waals surface area contributed by atoms with E-state index in [1.165, 1.54) is 6.20 Å². The minimum atomic E-state index is -0.117. The maximum atomic E-state index is 12.2. The number of hydrogen-bond acceptors (Lipinski definition) is 4. The molecule has 0 aliphatic carbocycles. The molecule has 0 aliphatic rings. The van der Waals surface area contributed by atoms with Crippen molar-refractivity contribution in [3.05, 3.63) is 22.8 Å². The van der Waals surface area contributed by atoms with Gasteiger partial charge in [0, 0.05) is 32.4 Å². The predicted octanol–water partition coefficient (Wildman–Crippen LogP) is 2.01. The van der Waals surface area contributed by atoms with Gasteiger partial charge in [0.2, 0.25) is 0 Å². The summed E-state index contributed by atoms with van der Waals surface area (Å²) in [7, 11) is 0. The highest BCUT2D eigenvalue weighted by Crippen LogP contribution is 2.20. The van der Waals surface area contributed by atoms with Crippen molar-refractivity contribution in [3.63, 3.8) is 0 Å². The Balaban J connectivity index is 2.83. The third-order valence-electron chi connectivity index (χ3n) is 2.69. The van der Waals surface area contributed by atoms with Crippen molar-refractivity contribution < 1.29 is 9.90 Å². The van der Waals surface area contributed by atoms with Gasteiger partial charge in [-0.1, -0.05) is 11.6 Å². The van der Waals surface area contributed by atoms with E-state index in [-0.39, 0.29) is 12.5 Å². The summed E-state index contributed by atoms with van der Waals surface area (Å²) in [5, 5.41) is 12.3. The molecule has 0 bridgehead atoms. The highest BCUT2D eigenvalue weighted by molar-refractivity contribution is 6.33. The average Bonchev–Trinajstić information content (AvgIpc) is 2.42. The molecular weight excluding hydrogens is 266 g/mol. The van der Waals surface area contributed by atoms with Gasteiger partial charge in [-0.3, -0.25) is 4.79 Å². The van der Waals surface area contributed by atoms with Gasteiger partial charge in [-0.15, -0.1) is 0 Å². The Morgan fingerprint density at radius 3 is 2.79 bits per heavy atom. The quantitative estimate of drug-likeness (QED) is 0.804. The number of amides is 1. The van der Waals surface area contributed by atoms with Crippen molar-refractivity contribution in [1.29, 1.82) is 0 Å². The summed E-state index contributed by atoms with van der Waals surface area (Å²) >= 11 is 6.07. The summed E-state index contributed by atoms with van der Waals surface area (Å²) in [5.41, 5.74) is 0.464. The second kappa shape index (κ2) is 7.96. The Bertz CT molecular complexity index is 426. The molecule has 5 nitrogen and oxygen atoms in total. The number of anilines is 1. The van der Waals surface area contributed by atoms with E-state index in [1.54, 1.807) is 11.0 Å². The second-order valence-electron chi connectivity index (χ2n) is 4.05. The van der Waals surface area contributed by atoms with Gasteiger partial charge in [-0.05, 0) is 26.3 Å². The maximum absolute atomic E-state index is 12.2. The molecule has 1 aromatic rings. The van der Waals surface area contributed by atoms with Gasteiger partial charge in [0.15, 0.2) is 0 Å². The van der Waals surface area contributed by atoms with Crippen molar-refractivity contribution in [3.8, 4) is 0 Å². The van der Waals surface area contributed by atoms with Crippen LogP contribution in [0, 0.1) is 0 Å². The molecule has 6 heteroatoms. The number of rotatable bonds is 7. The molecule has 0 fully saturated rings. The van der Waals surface area contributed by atoms with E-state index in [0.717, 1.165) is 6.54 Å². The molecule has 1 amide bonds. The Morgan fingerprint density at radius 2 is 2.26 bits per heavy atom. The zero-order valence-electron chi connectivity index (χ0n) is 11.3. The molecule has 1 rings (SSSR count). The number of aliphatic hydroxyl groups is 1. The maximum Gasteiger partial charge on any atom is 0.255 e. The number of aromatic nitrogens is 1. The normalized spacial score (nSPS) is 10.3. The highest BCUT2D eigenvalue weighted by Gasteiger charge is 2.15. The van der Waals surface area contributed by atoms with Crippen molar-refractivity contribution in [1.82, 2.24) is 9.88 Å². The van der Waals surface area contributed by atoms with E-state index in [9.17, 15) is 4.79 Å². The number of pyridine rings is 1. The SMILES string of the molecule is CCNc1ncc(C(=O)N(CC)CCCO)cc1Cl. The molecule has 1 aromatic heterocycles. The minimum Gasteiger partial charge on any atom is -0.396 e. The van der Waals surface area contributed by atoms with Gasteiger partial charge >= 0.3 is 0 Å². The standard InChI is InChI=1S/C13H20ClN3O2/c1-3-15-12-11(14)8-10(9-16-12)13(19)17(4-2)6-5-7-18/h8-9,18H,3-7H2,1-2H3,(H,15,16). The zero-order valence-corrected chi connectivity index (χ0v) is 12.1. The summed E-state index contributed by atoms with van der Waals surface area (Å²) in [6.07, 6.45) is 2.09. The van der Waals surface area contributed by atoms with Gasteiger partial charge < -0.3 is 15.3 Å². The number of halogens is 1. The van der Waals surface area contributed by atoms with Gasteiger partial charge in [-0.25, -0.2) is 4.98 Å². The molecule has 0 atom stereocenters. The van der Waals surface area contributed by atoms with Gasteiger partial charge in [0.05, 0.1) is 10.6 Å². The van der Waals surface area contributed by atoms with Crippen LogP contribution in [-0.2, 0) is 0 Å². The topological polar surface area (TPSA) is 65.5 Å². The van der Waals surface area contributed by atoms with Crippen LogP contribution in [0.5, 0.6) is 0 Å². The molecule has 1 heterocycles. The molecule has 0 spiro atoms. The van der Waals surface area contributed by atoms with Crippen LogP contribution in [-0.4, -0.2) is 47.1 Å². The first-order valence-electron chi connectivity index (χ1n) is 6.43. The fraction of sp³-hybridized carbons (Fsp3) is 0.538. The van der Waals surface area contributed by atoms with Crippen LogP contribution in [0.25, 0.3) is 0 Å².